The number of aliphatic hydroxyl groups excluding tert-OH is 1. The van der Waals surface area contributed by atoms with Gasteiger partial charge in [-0.05, 0) is 25.8 Å². The number of aromatic nitrogens is 1. The number of pyridine rings is 1. The van der Waals surface area contributed by atoms with Gasteiger partial charge >= 0.3 is 0 Å². The van der Waals surface area contributed by atoms with Gasteiger partial charge in [0.2, 0.25) is 0 Å². The van der Waals surface area contributed by atoms with Crippen LogP contribution in [0, 0.1) is 6.92 Å². The molecule has 5 nitrogen and oxygen atoms in total. The number of carbonyl (C=O) groups excluding carboxylic acids is 1. The molecular formula is C12H17N3O2. The van der Waals surface area contributed by atoms with Crippen LogP contribution in [0.3, 0.4) is 0 Å². The molecule has 1 fully saturated rings. The smallest absolute Gasteiger partial charge is 0.256 e. The van der Waals surface area contributed by atoms with Gasteiger partial charge < -0.3 is 15.7 Å². The van der Waals surface area contributed by atoms with Crippen LogP contribution in [0.25, 0.3) is 0 Å². The second-order valence-corrected chi connectivity index (χ2v) is 4.38. The highest BCUT2D eigenvalue weighted by Gasteiger charge is 2.29. The molecule has 2 heterocycles. The monoisotopic (exact) mass is 235 g/mol. The van der Waals surface area contributed by atoms with E-state index in [9.17, 15) is 9.90 Å². The lowest BCUT2D eigenvalue weighted by Gasteiger charge is -2.23. The number of aryl methyl sites for hydroxylation is 1. The summed E-state index contributed by atoms with van der Waals surface area (Å²) < 4.78 is 0. The molecule has 1 amide bonds. The number of anilines is 1. The Labute approximate surface area is 100 Å². The summed E-state index contributed by atoms with van der Waals surface area (Å²) in [6.45, 7) is 2.50. The van der Waals surface area contributed by atoms with E-state index in [2.05, 4.69) is 4.98 Å². The molecule has 0 bridgehead atoms. The predicted octanol–water partition coefficient (Wildman–Crippen LogP) is 0.569. The van der Waals surface area contributed by atoms with Crippen LogP contribution in [0.5, 0.6) is 0 Å². The topological polar surface area (TPSA) is 79.5 Å². The van der Waals surface area contributed by atoms with E-state index in [1.165, 1.54) is 0 Å². The highest BCUT2D eigenvalue weighted by atomic mass is 16.3. The molecule has 0 aliphatic carbocycles. The van der Waals surface area contributed by atoms with Crippen molar-refractivity contribution in [2.24, 2.45) is 0 Å². The number of rotatable bonds is 2. The van der Waals surface area contributed by atoms with Crippen LogP contribution in [0.4, 0.5) is 5.69 Å². The van der Waals surface area contributed by atoms with Crippen LogP contribution in [-0.2, 0) is 0 Å². The van der Waals surface area contributed by atoms with Gasteiger partial charge in [-0.1, -0.05) is 0 Å². The van der Waals surface area contributed by atoms with Gasteiger partial charge in [0.1, 0.15) is 0 Å². The molecule has 0 saturated carbocycles. The third-order valence-corrected chi connectivity index (χ3v) is 3.19. The third-order valence-electron chi connectivity index (χ3n) is 3.19. The molecule has 1 aromatic rings. The van der Waals surface area contributed by atoms with Crippen LogP contribution >= 0.6 is 0 Å². The first kappa shape index (κ1) is 11.9. The van der Waals surface area contributed by atoms with E-state index in [1.807, 2.05) is 0 Å². The Morgan fingerprint density at radius 1 is 1.71 bits per heavy atom. The molecule has 17 heavy (non-hydrogen) atoms. The lowest BCUT2D eigenvalue weighted by atomic mass is 10.1. The van der Waals surface area contributed by atoms with Crippen LogP contribution in [0.1, 0.15) is 28.9 Å². The average molecular weight is 235 g/mol. The van der Waals surface area contributed by atoms with E-state index in [1.54, 1.807) is 24.1 Å². The lowest BCUT2D eigenvalue weighted by molar-refractivity contribution is 0.0676. The first-order valence-corrected chi connectivity index (χ1v) is 5.77. The van der Waals surface area contributed by atoms with Crippen LogP contribution in [-0.4, -0.2) is 40.1 Å². The summed E-state index contributed by atoms with van der Waals surface area (Å²) in [5, 5.41) is 9.22. The van der Waals surface area contributed by atoms with Crippen molar-refractivity contribution in [3.05, 3.63) is 23.5 Å². The maximum absolute atomic E-state index is 12.3. The van der Waals surface area contributed by atoms with Crippen molar-refractivity contribution < 1.29 is 9.90 Å². The molecule has 92 valence electrons. The Kier molecular flexibility index (Phi) is 3.28. The number of likely N-dealkylation sites (tertiary alicyclic amines) is 1. The Hall–Kier alpha value is -1.62. The molecule has 1 saturated heterocycles. The van der Waals surface area contributed by atoms with E-state index in [0.717, 1.165) is 12.8 Å². The molecule has 3 N–H and O–H groups in total. The van der Waals surface area contributed by atoms with Crippen molar-refractivity contribution in [1.29, 1.82) is 0 Å². The first-order chi connectivity index (χ1) is 8.13. The predicted molar refractivity (Wildman–Crippen MR) is 64.5 cm³/mol. The van der Waals surface area contributed by atoms with Gasteiger partial charge in [-0.15, -0.1) is 0 Å². The fourth-order valence-corrected chi connectivity index (χ4v) is 2.21. The van der Waals surface area contributed by atoms with Crippen molar-refractivity contribution in [3.8, 4) is 0 Å². The zero-order valence-electron chi connectivity index (χ0n) is 9.89. The quantitative estimate of drug-likeness (QED) is 0.785. The van der Waals surface area contributed by atoms with Crippen molar-refractivity contribution in [1.82, 2.24) is 9.88 Å². The van der Waals surface area contributed by atoms with E-state index in [4.69, 9.17) is 5.73 Å². The minimum atomic E-state index is -0.0844. The molecule has 1 aliphatic heterocycles. The molecule has 1 atom stereocenters. The second kappa shape index (κ2) is 4.71. The summed E-state index contributed by atoms with van der Waals surface area (Å²) in [6, 6.07) is 1.58. The number of nitrogens with two attached hydrogens (primary N) is 1. The first-order valence-electron chi connectivity index (χ1n) is 5.77. The van der Waals surface area contributed by atoms with E-state index >= 15 is 0 Å². The fraction of sp³-hybridized carbons (Fsp3) is 0.500. The van der Waals surface area contributed by atoms with Crippen molar-refractivity contribution in [2.75, 3.05) is 18.9 Å². The SMILES string of the molecule is Cc1ncc(N)cc1C(=O)N1CCC[C@H]1CO. The van der Waals surface area contributed by atoms with E-state index < -0.39 is 0 Å². The van der Waals surface area contributed by atoms with E-state index in [-0.39, 0.29) is 18.6 Å². The number of nitrogen functional groups attached to an aromatic ring is 1. The standard InChI is InChI=1S/C12H17N3O2/c1-8-11(5-9(13)6-14-8)12(17)15-4-2-3-10(15)7-16/h5-6,10,16H,2-4,7,13H2,1H3/t10-/m0/s1. The Morgan fingerprint density at radius 2 is 2.47 bits per heavy atom. The summed E-state index contributed by atoms with van der Waals surface area (Å²) in [6.07, 6.45) is 3.34. The van der Waals surface area contributed by atoms with Gasteiger partial charge in [-0.3, -0.25) is 9.78 Å². The summed E-state index contributed by atoms with van der Waals surface area (Å²) in [5.74, 6) is -0.0844. The molecule has 2 rings (SSSR count). The Bertz CT molecular complexity index is 434. The molecule has 1 aromatic heterocycles. The minimum absolute atomic E-state index is 0.0144. The number of aliphatic hydroxyl groups is 1. The molecular weight excluding hydrogens is 218 g/mol. The molecule has 0 aromatic carbocycles. The number of carbonyl (C=O) groups is 1. The molecule has 0 spiro atoms. The zero-order valence-corrected chi connectivity index (χ0v) is 9.89. The van der Waals surface area contributed by atoms with Gasteiger partial charge in [-0.25, -0.2) is 0 Å². The summed E-state index contributed by atoms with van der Waals surface area (Å²) >= 11 is 0. The maximum Gasteiger partial charge on any atom is 0.256 e. The van der Waals surface area contributed by atoms with Crippen LogP contribution < -0.4 is 5.73 Å². The Morgan fingerprint density at radius 3 is 3.18 bits per heavy atom. The van der Waals surface area contributed by atoms with Crippen molar-refractivity contribution >= 4 is 11.6 Å². The number of hydrogen-bond acceptors (Lipinski definition) is 4. The van der Waals surface area contributed by atoms with Crippen LogP contribution in [0.15, 0.2) is 12.3 Å². The van der Waals surface area contributed by atoms with Gasteiger partial charge in [-0.2, -0.15) is 0 Å². The molecule has 1 aliphatic rings. The zero-order chi connectivity index (χ0) is 12.4. The number of amides is 1. The fourth-order valence-electron chi connectivity index (χ4n) is 2.21. The largest absolute Gasteiger partial charge is 0.397 e. The summed E-state index contributed by atoms with van der Waals surface area (Å²) in [5.41, 5.74) is 7.34. The van der Waals surface area contributed by atoms with Crippen LogP contribution in [0.2, 0.25) is 0 Å². The number of hydrogen-bond donors (Lipinski definition) is 2. The second-order valence-electron chi connectivity index (χ2n) is 4.38. The minimum Gasteiger partial charge on any atom is -0.397 e. The highest BCUT2D eigenvalue weighted by Crippen LogP contribution is 2.21. The van der Waals surface area contributed by atoms with Gasteiger partial charge in [0.25, 0.3) is 5.91 Å². The molecule has 0 radical (unpaired) electrons. The maximum atomic E-state index is 12.3. The summed E-state index contributed by atoms with van der Waals surface area (Å²) in [7, 11) is 0. The normalized spacial score (nSPS) is 19.6. The van der Waals surface area contributed by atoms with Crippen molar-refractivity contribution in [2.45, 2.75) is 25.8 Å². The van der Waals surface area contributed by atoms with Gasteiger partial charge in [0.05, 0.1) is 35.8 Å². The Balaban J connectivity index is 2.27. The van der Waals surface area contributed by atoms with Gasteiger partial charge in [0, 0.05) is 6.54 Å². The highest BCUT2D eigenvalue weighted by molar-refractivity contribution is 5.96. The van der Waals surface area contributed by atoms with E-state index in [0.29, 0.717) is 23.5 Å². The number of nitrogens with zero attached hydrogens (tertiary/aromatic N) is 2. The lowest BCUT2D eigenvalue weighted by Crippen LogP contribution is -2.38. The third kappa shape index (κ3) is 2.24. The molecule has 0 unspecified atom stereocenters. The van der Waals surface area contributed by atoms with Gasteiger partial charge in [0.15, 0.2) is 0 Å². The average Bonchev–Trinajstić information content (AvgIpc) is 2.79. The summed E-state index contributed by atoms with van der Waals surface area (Å²) in [4.78, 5) is 18.1. The van der Waals surface area contributed by atoms with Crippen molar-refractivity contribution in [3.63, 3.8) is 0 Å². The molecule has 5 heteroatoms.